The SMILES string of the molecule is CCOc1cc(/C=C(/C#N)c2ccc(C)cc2)cc(Br)c1OCc1ccc(F)cc1. The summed E-state index contributed by atoms with van der Waals surface area (Å²) in [5.41, 5.74) is 4.22. The molecule has 0 saturated heterocycles. The van der Waals surface area contributed by atoms with Gasteiger partial charge in [-0.1, -0.05) is 42.0 Å². The lowest BCUT2D eigenvalue weighted by Gasteiger charge is -2.15. The average Bonchev–Trinajstić information content (AvgIpc) is 2.73. The molecule has 0 N–H and O–H groups in total. The Morgan fingerprint density at radius 3 is 2.40 bits per heavy atom. The van der Waals surface area contributed by atoms with E-state index in [2.05, 4.69) is 22.0 Å². The van der Waals surface area contributed by atoms with Crippen molar-refractivity contribution in [1.82, 2.24) is 0 Å². The molecule has 152 valence electrons. The lowest BCUT2D eigenvalue weighted by atomic mass is 10.0. The van der Waals surface area contributed by atoms with Crippen molar-refractivity contribution in [1.29, 1.82) is 5.26 Å². The number of ether oxygens (including phenoxy) is 2. The molecule has 3 nitrogen and oxygen atoms in total. The second-order valence-corrected chi connectivity index (χ2v) is 7.57. The second kappa shape index (κ2) is 10.1. The highest BCUT2D eigenvalue weighted by Gasteiger charge is 2.13. The van der Waals surface area contributed by atoms with E-state index in [0.717, 1.165) is 22.3 Å². The summed E-state index contributed by atoms with van der Waals surface area (Å²) in [4.78, 5) is 0. The number of aryl methyl sites for hydroxylation is 1. The van der Waals surface area contributed by atoms with E-state index >= 15 is 0 Å². The highest BCUT2D eigenvalue weighted by atomic mass is 79.9. The summed E-state index contributed by atoms with van der Waals surface area (Å²) in [6.07, 6.45) is 1.82. The predicted octanol–water partition coefficient (Wildman–Crippen LogP) is 6.94. The van der Waals surface area contributed by atoms with E-state index in [1.54, 1.807) is 12.1 Å². The summed E-state index contributed by atoms with van der Waals surface area (Å²) in [6.45, 7) is 4.65. The van der Waals surface area contributed by atoms with Gasteiger partial charge in [-0.05, 0) is 76.8 Å². The topological polar surface area (TPSA) is 42.2 Å². The normalized spacial score (nSPS) is 11.1. The van der Waals surface area contributed by atoms with Crippen LogP contribution < -0.4 is 9.47 Å². The lowest BCUT2D eigenvalue weighted by Crippen LogP contribution is -2.01. The molecular weight excluding hydrogens is 445 g/mol. The van der Waals surface area contributed by atoms with Crippen LogP contribution in [0.1, 0.15) is 29.2 Å². The molecule has 30 heavy (non-hydrogen) atoms. The van der Waals surface area contributed by atoms with E-state index in [1.165, 1.54) is 12.1 Å². The van der Waals surface area contributed by atoms with E-state index in [0.29, 0.717) is 28.2 Å². The quantitative estimate of drug-likeness (QED) is 0.280. The van der Waals surface area contributed by atoms with Gasteiger partial charge in [-0.2, -0.15) is 5.26 Å². The minimum Gasteiger partial charge on any atom is -0.490 e. The third kappa shape index (κ3) is 5.49. The number of benzene rings is 3. The molecule has 0 aliphatic heterocycles. The third-order valence-electron chi connectivity index (χ3n) is 4.42. The maximum atomic E-state index is 13.1. The Labute approximate surface area is 184 Å². The number of hydrogen-bond donors (Lipinski definition) is 0. The van der Waals surface area contributed by atoms with Gasteiger partial charge >= 0.3 is 0 Å². The van der Waals surface area contributed by atoms with Crippen molar-refractivity contribution in [2.75, 3.05) is 6.61 Å². The molecule has 0 aliphatic carbocycles. The summed E-state index contributed by atoms with van der Waals surface area (Å²) in [7, 11) is 0. The third-order valence-corrected chi connectivity index (χ3v) is 5.01. The first-order valence-electron chi connectivity index (χ1n) is 9.52. The Bertz CT molecular complexity index is 1080. The van der Waals surface area contributed by atoms with Gasteiger partial charge in [-0.15, -0.1) is 0 Å². The summed E-state index contributed by atoms with van der Waals surface area (Å²) in [6, 6.07) is 20.0. The molecule has 0 unspecified atom stereocenters. The van der Waals surface area contributed by atoms with Crippen molar-refractivity contribution < 1.29 is 13.9 Å². The van der Waals surface area contributed by atoms with E-state index in [9.17, 15) is 9.65 Å². The molecule has 0 bridgehead atoms. The van der Waals surface area contributed by atoms with Crippen LogP contribution >= 0.6 is 15.9 Å². The van der Waals surface area contributed by atoms with Crippen LogP contribution in [0.3, 0.4) is 0 Å². The molecule has 3 rings (SSSR count). The summed E-state index contributed by atoms with van der Waals surface area (Å²) < 4.78 is 25.5. The largest absolute Gasteiger partial charge is 0.490 e. The molecule has 0 aromatic heterocycles. The first kappa shape index (κ1) is 21.6. The number of nitrogens with zero attached hydrogens (tertiary/aromatic N) is 1. The van der Waals surface area contributed by atoms with Crippen molar-refractivity contribution in [2.24, 2.45) is 0 Å². The van der Waals surface area contributed by atoms with Crippen LogP contribution in [0, 0.1) is 24.1 Å². The fraction of sp³-hybridized carbons (Fsp3) is 0.160. The maximum Gasteiger partial charge on any atom is 0.175 e. The highest BCUT2D eigenvalue weighted by molar-refractivity contribution is 9.10. The number of rotatable bonds is 7. The molecule has 0 atom stereocenters. The number of halogens is 2. The molecule has 0 spiro atoms. The first-order valence-corrected chi connectivity index (χ1v) is 10.3. The molecule has 3 aromatic rings. The van der Waals surface area contributed by atoms with Crippen LogP contribution in [0.2, 0.25) is 0 Å². The zero-order valence-electron chi connectivity index (χ0n) is 16.8. The zero-order valence-corrected chi connectivity index (χ0v) is 18.4. The standard InChI is InChI=1S/C25H21BrFNO2/c1-3-29-24-14-19(12-21(15-28)20-8-4-17(2)5-9-20)13-23(26)25(24)30-16-18-6-10-22(27)11-7-18/h4-14H,3,16H2,1-2H3/b21-12-. The van der Waals surface area contributed by atoms with Gasteiger partial charge in [0.1, 0.15) is 12.4 Å². The van der Waals surface area contributed by atoms with Crippen molar-refractivity contribution in [3.63, 3.8) is 0 Å². The van der Waals surface area contributed by atoms with E-state index in [4.69, 9.17) is 9.47 Å². The monoisotopic (exact) mass is 465 g/mol. The fourth-order valence-corrected chi connectivity index (χ4v) is 3.46. The van der Waals surface area contributed by atoms with E-state index in [-0.39, 0.29) is 12.4 Å². The minimum atomic E-state index is -0.284. The predicted molar refractivity (Wildman–Crippen MR) is 121 cm³/mol. The Balaban J connectivity index is 1.90. The minimum absolute atomic E-state index is 0.279. The molecule has 5 heteroatoms. The molecule has 0 saturated carbocycles. The van der Waals surface area contributed by atoms with Gasteiger partial charge in [0, 0.05) is 0 Å². The van der Waals surface area contributed by atoms with Crippen molar-refractivity contribution >= 4 is 27.6 Å². The molecule has 0 aliphatic rings. The summed E-state index contributed by atoms with van der Waals surface area (Å²) in [5, 5.41) is 9.62. The van der Waals surface area contributed by atoms with Crippen molar-refractivity contribution in [3.05, 3.63) is 93.2 Å². The maximum absolute atomic E-state index is 13.1. The molecule has 0 heterocycles. The second-order valence-electron chi connectivity index (χ2n) is 6.71. The van der Waals surface area contributed by atoms with Gasteiger partial charge in [0.2, 0.25) is 0 Å². The Morgan fingerprint density at radius 2 is 1.77 bits per heavy atom. The number of nitriles is 1. The highest BCUT2D eigenvalue weighted by Crippen LogP contribution is 2.38. The molecule has 0 fully saturated rings. The van der Waals surface area contributed by atoms with Crippen molar-refractivity contribution in [2.45, 2.75) is 20.5 Å². The van der Waals surface area contributed by atoms with Crippen LogP contribution in [0.25, 0.3) is 11.6 Å². The smallest absolute Gasteiger partial charge is 0.175 e. The fourth-order valence-electron chi connectivity index (χ4n) is 2.89. The average molecular weight is 466 g/mol. The Morgan fingerprint density at radius 1 is 1.07 bits per heavy atom. The number of allylic oxidation sites excluding steroid dienone is 1. The first-order chi connectivity index (χ1) is 14.5. The van der Waals surface area contributed by atoms with Crippen LogP contribution in [-0.2, 0) is 6.61 Å². The zero-order chi connectivity index (χ0) is 21.5. The van der Waals surface area contributed by atoms with Gasteiger partial charge in [-0.3, -0.25) is 0 Å². The van der Waals surface area contributed by atoms with Gasteiger partial charge in [0.15, 0.2) is 11.5 Å². The Hall–Kier alpha value is -3.10. The van der Waals surface area contributed by atoms with E-state index < -0.39 is 0 Å². The molecular formula is C25H21BrFNO2. The van der Waals surface area contributed by atoms with Crippen LogP contribution in [0.5, 0.6) is 11.5 Å². The Kier molecular flexibility index (Phi) is 7.26. The van der Waals surface area contributed by atoms with E-state index in [1.807, 2.05) is 56.3 Å². The molecule has 0 radical (unpaired) electrons. The van der Waals surface area contributed by atoms with Crippen LogP contribution in [-0.4, -0.2) is 6.61 Å². The van der Waals surface area contributed by atoms with Crippen LogP contribution in [0.15, 0.2) is 65.1 Å². The number of hydrogen-bond acceptors (Lipinski definition) is 3. The summed E-state index contributed by atoms with van der Waals surface area (Å²) >= 11 is 3.55. The summed E-state index contributed by atoms with van der Waals surface area (Å²) in [5.74, 6) is 0.849. The van der Waals surface area contributed by atoms with Crippen molar-refractivity contribution in [3.8, 4) is 17.6 Å². The van der Waals surface area contributed by atoms with Gasteiger partial charge < -0.3 is 9.47 Å². The molecule has 0 amide bonds. The van der Waals surface area contributed by atoms with Gasteiger partial charge in [-0.25, -0.2) is 4.39 Å². The van der Waals surface area contributed by atoms with Gasteiger partial charge in [0.05, 0.1) is 22.7 Å². The van der Waals surface area contributed by atoms with Crippen LogP contribution in [0.4, 0.5) is 4.39 Å². The lowest BCUT2D eigenvalue weighted by molar-refractivity contribution is 0.267. The molecule has 3 aromatic carbocycles. The van der Waals surface area contributed by atoms with Gasteiger partial charge in [0.25, 0.3) is 0 Å².